The van der Waals surface area contributed by atoms with Crippen molar-refractivity contribution in [3.05, 3.63) is 25.4 Å². The molecule has 0 saturated heterocycles. The first-order chi connectivity index (χ1) is 6.91. The van der Waals surface area contributed by atoms with Gasteiger partial charge in [-0.2, -0.15) is 0 Å². The molecule has 1 aromatic heterocycles. The van der Waals surface area contributed by atoms with Gasteiger partial charge in [-0.1, -0.05) is 27.7 Å². The van der Waals surface area contributed by atoms with E-state index in [1.807, 2.05) is 13.8 Å². The summed E-state index contributed by atoms with van der Waals surface area (Å²) < 4.78 is 0.728. The van der Waals surface area contributed by atoms with E-state index in [2.05, 4.69) is 46.4 Å². The summed E-state index contributed by atoms with van der Waals surface area (Å²) in [4.78, 5) is 19.0. The van der Waals surface area contributed by atoms with Crippen molar-refractivity contribution in [1.29, 1.82) is 0 Å². The molecular weight excluding hydrogens is 303 g/mol. The summed E-state index contributed by atoms with van der Waals surface area (Å²) in [6.07, 6.45) is 0.863. The van der Waals surface area contributed by atoms with Gasteiger partial charge < -0.3 is 4.98 Å². The molecule has 1 rings (SSSR count). The van der Waals surface area contributed by atoms with E-state index in [1.165, 1.54) is 0 Å². The Bertz CT molecular complexity index is 396. The first-order valence-corrected chi connectivity index (χ1v) is 6.28. The summed E-state index contributed by atoms with van der Waals surface area (Å²) in [5, 5.41) is 0. The number of halogens is 1. The summed E-state index contributed by atoms with van der Waals surface area (Å²) in [6.45, 7) is 8.33. The quantitative estimate of drug-likeness (QED) is 0.871. The molecule has 0 unspecified atom stereocenters. The van der Waals surface area contributed by atoms with Crippen molar-refractivity contribution >= 4 is 22.6 Å². The second-order valence-corrected chi connectivity index (χ2v) is 5.54. The first-order valence-electron chi connectivity index (χ1n) is 5.20. The van der Waals surface area contributed by atoms with E-state index < -0.39 is 0 Å². The highest BCUT2D eigenvalue weighted by Crippen LogP contribution is 2.13. The van der Waals surface area contributed by atoms with Crippen molar-refractivity contribution in [3.63, 3.8) is 0 Å². The standard InChI is InChI=1S/C11H17IN2O/c1-6(2)5-8-9(12)11(15)14-10(13-8)7(3)4/h6-7H,5H2,1-4H3,(H,13,14,15). The summed E-state index contributed by atoms with van der Waals surface area (Å²) in [6, 6.07) is 0. The lowest BCUT2D eigenvalue weighted by atomic mass is 10.1. The van der Waals surface area contributed by atoms with Crippen LogP contribution < -0.4 is 5.56 Å². The Morgan fingerprint density at radius 2 is 1.93 bits per heavy atom. The van der Waals surface area contributed by atoms with Gasteiger partial charge in [-0.25, -0.2) is 4.98 Å². The molecule has 15 heavy (non-hydrogen) atoms. The van der Waals surface area contributed by atoms with Crippen molar-refractivity contribution in [2.45, 2.75) is 40.0 Å². The molecule has 3 nitrogen and oxygen atoms in total. The molecule has 0 radical (unpaired) electrons. The van der Waals surface area contributed by atoms with Crippen molar-refractivity contribution in [3.8, 4) is 0 Å². The number of nitrogens with zero attached hydrogens (tertiary/aromatic N) is 1. The van der Waals surface area contributed by atoms with Gasteiger partial charge in [-0.15, -0.1) is 0 Å². The summed E-state index contributed by atoms with van der Waals surface area (Å²) >= 11 is 2.07. The van der Waals surface area contributed by atoms with Gasteiger partial charge in [0.25, 0.3) is 5.56 Å². The molecule has 0 amide bonds. The van der Waals surface area contributed by atoms with Crippen LogP contribution in [0, 0.1) is 9.49 Å². The lowest BCUT2D eigenvalue weighted by Crippen LogP contribution is -2.19. The molecule has 4 heteroatoms. The number of hydrogen-bond donors (Lipinski definition) is 1. The average molecular weight is 320 g/mol. The summed E-state index contributed by atoms with van der Waals surface area (Å²) in [5.74, 6) is 1.57. The van der Waals surface area contributed by atoms with Gasteiger partial charge in [0.15, 0.2) is 0 Å². The molecule has 0 bridgehead atoms. The molecule has 0 atom stereocenters. The smallest absolute Gasteiger partial charge is 0.264 e. The van der Waals surface area contributed by atoms with Crippen molar-refractivity contribution in [2.75, 3.05) is 0 Å². The lowest BCUT2D eigenvalue weighted by Gasteiger charge is -2.10. The first kappa shape index (κ1) is 12.7. The molecule has 0 aliphatic rings. The fraction of sp³-hybridized carbons (Fsp3) is 0.636. The minimum Gasteiger partial charge on any atom is -0.309 e. The van der Waals surface area contributed by atoms with Gasteiger partial charge in [0.2, 0.25) is 0 Å². The highest BCUT2D eigenvalue weighted by molar-refractivity contribution is 14.1. The zero-order valence-corrected chi connectivity index (χ0v) is 11.8. The third kappa shape index (κ3) is 3.29. The molecule has 0 fully saturated rings. The maximum absolute atomic E-state index is 11.6. The number of hydrogen-bond acceptors (Lipinski definition) is 2. The van der Waals surface area contributed by atoms with Crippen LogP contribution in [0.15, 0.2) is 4.79 Å². The summed E-state index contributed by atoms with van der Waals surface area (Å²) in [7, 11) is 0. The predicted octanol–water partition coefficient (Wildman–Crippen LogP) is 2.70. The van der Waals surface area contributed by atoms with Gasteiger partial charge in [0.1, 0.15) is 5.82 Å². The Morgan fingerprint density at radius 3 is 2.40 bits per heavy atom. The molecule has 0 saturated carbocycles. The van der Waals surface area contributed by atoms with Crippen molar-refractivity contribution in [1.82, 2.24) is 9.97 Å². The molecule has 0 spiro atoms. The normalized spacial score (nSPS) is 11.4. The number of aromatic nitrogens is 2. The third-order valence-corrected chi connectivity index (χ3v) is 3.21. The van der Waals surface area contributed by atoms with Crippen LogP contribution in [0.5, 0.6) is 0 Å². The summed E-state index contributed by atoms with van der Waals surface area (Å²) in [5.41, 5.74) is 0.919. The maximum Gasteiger partial charge on any atom is 0.264 e. The number of aromatic amines is 1. The zero-order chi connectivity index (χ0) is 11.6. The number of rotatable bonds is 3. The van der Waals surface area contributed by atoms with E-state index in [-0.39, 0.29) is 11.5 Å². The second-order valence-electron chi connectivity index (χ2n) is 4.46. The Kier molecular flexibility index (Phi) is 4.31. The number of nitrogens with one attached hydrogen (secondary N) is 1. The minimum absolute atomic E-state index is 0.00931. The van der Waals surface area contributed by atoms with E-state index >= 15 is 0 Å². The molecule has 0 aliphatic heterocycles. The zero-order valence-electron chi connectivity index (χ0n) is 9.60. The lowest BCUT2D eigenvalue weighted by molar-refractivity contribution is 0.620. The van der Waals surface area contributed by atoms with E-state index in [4.69, 9.17) is 0 Å². The molecule has 84 valence electrons. The van der Waals surface area contributed by atoms with Gasteiger partial charge in [0, 0.05) is 5.92 Å². The van der Waals surface area contributed by atoms with Gasteiger partial charge >= 0.3 is 0 Å². The average Bonchev–Trinajstić information content (AvgIpc) is 2.11. The topological polar surface area (TPSA) is 45.8 Å². The van der Waals surface area contributed by atoms with Crippen LogP contribution in [-0.2, 0) is 6.42 Å². The molecule has 1 aromatic rings. The van der Waals surface area contributed by atoms with Crippen LogP contribution >= 0.6 is 22.6 Å². The van der Waals surface area contributed by atoms with E-state index in [9.17, 15) is 4.79 Å². The monoisotopic (exact) mass is 320 g/mol. The van der Waals surface area contributed by atoms with Gasteiger partial charge in [-0.3, -0.25) is 4.79 Å². The highest BCUT2D eigenvalue weighted by atomic mass is 127. The maximum atomic E-state index is 11.6. The Morgan fingerprint density at radius 1 is 1.33 bits per heavy atom. The van der Waals surface area contributed by atoms with E-state index in [1.54, 1.807) is 0 Å². The van der Waals surface area contributed by atoms with Gasteiger partial charge in [0.05, 0.1) is 9.26 Å². The predicted molar refractivity (Wildman–Crippen MR) is 70.2 cm³/mol. The largest absolute Gasteiger partial charge is 0.309 e. The van der Waals surface area contributed by atoms with E-state index in [0.29, 0.717) is 5.92 Å². The molecule has 0 aromatic carbocycles. The van der Waals surface area contributed by atoms with Crippen LogP contribution in [0.4, 0.5) is 0 Å². The van der Waals surface area contributed by atoms with Crippen LogP contribution in [0.3, 0.4) is 0 Å². The Balaban J connectivity index is 3.19. The van der Waals surface area contributed by atoms with Crippen molar-refractivity contribution in [2.24, 2.45) is 5.92 Å². The molecule has 1 heterocycles. The fourth-order valence-electron chi connectivity index (χ4n) is 1.32. The molecule has 1 N–H and O–H groups in total. The Labute approximate surface area is 104 Å². The van der Waals surface area contributed by atoms with Crippen LogP contribution in [0.1, 0.15) is 45.1 Å². The van der Waals surface area contributed by atoms with Gasteiger partial charge in [-0.05, 0) is 34.9 Å². The molecule has 0 aliphatic carbocycles. The van der Waals surface area contributed by atoms with Crippen LogP contribution in [0.25, 0.3) is 0 Å². The molecular formula is C11H17IN2O. The Hall–Kier alpha value is -0.390. The highest BCUT2D eigenvalue weighted by Gasteiger charge is 2.11. The SMILES string of the molecule is CC(C)Cc1nc(C(C)C)[nH]c(=O)c1I. The van der Waals surface area contributed by atoms with Crippen LogP contribution in [-0.4, -0.2) is 9.97 Å². The van der Waals surface area contributed by atoms with E-state index in [0.717, 1.165) is 21.5 Å². The second kappa shape index (κ2) is 5.09. The number of H-pyrrole nitrogens is 1. The third-order valence-electron chi connectivity index (χ3n) is 2.10. The minimum atomic E-state index is -0.00931. The fourth-order valence-corrected chi connectivity index (χ4v) is 1.80. The van der Waals surface area contributed by atoms with Crippen molar-refractivity contribution < 1.29 is 0 Å². The van der Waals surface area contributed by atoms with Crippen LogP contribution in [0.2, 0.25) is 0 Å².